The maximum absolute atomic E-state index is 4.85. The van der Waals surface area contributed by atoms with Crippen LogP contribution in [-0.4, -0.2) is 19.7 Å². The molecule has 3 aromatic heterocycles. The fraction of sp³-hybridized carbons (Fsp3) is 0.222. The Balaban J connectivity index is 1.39. The van der Waals surface area contributed by atoms with Gasteiger partial charge in [0.05, 0.1) is 5.69 Å². The molecule has 0 atom stereocenters. The van der Waals surface area contributed by atoms with Crippen LogP contribution in [0.3, 0.4) is 0 Å². The number of aryl methyl sites for hydroxylation is 3. The second-order valence-electron chi connectivity index (χ2n) is 8.30. The fourth-order valence-corrected chi connectivity index (χ4v) is 6.61. The number of aromatic nitrogens is 4. The van der Waals surface area contributed by atoms with E-state index in [2.05, 4.69) is 102 Å². The van der Waals surface area contributed by atoms with Crippen molar-refractivity contribution >= 4 is 34.4 Å². The first kappa shape index (κ1) is 23.0. The van der Waals surface area contributed by atoms with Crippen LogP contribution in [0.5, 0.6) is 0 Å². The number of thiophene rings is 1. The van der Waals surface area contributed by atoms with E-state index in [0.717, 1.165) is 39.5 Å². The zero-order valence-electron chi connectivity index (χ0n) is 19.7. The second-order valence-corrected chi connectivity index (χ2v) is 11.2. The first-order chi connectivity index (χ1) is 16.5. The summed E-state index contributed by atoms with van der Waals surface area (Å²) in [7, 11) is 0. The Morgan fingerprint density at radius 3 is 2.18 bits per heavy atom. The highest BCUT2D eigenvalue weighted by Gasteiger charge is 2.20. The van der Waals surface area contributed by atoms with Crippen molar-refractivity contribution in [1.29, 1.82) is 0 Å². The maximum atomic E-state index is 4.85. The molecule has 2 aromatic carbocycles. The third kappa shape index (κ3) is 4.60. The number of thioether (sulfide) groups is 1. The lowest BCUT2D eigenvalue weighted by molar-refractivity contribution is 0.687. The Morgan fingerprint density at radius 2 is 1.50 bits per heavy atom. The van der Waals surface area contributed by atoms with Crippen molar-refractivity contribution in [2.45, 2.75) is 45.1 Å². The van der Waals surface area contributed by atoms with Crippen LogP contribution in [0.4, 0.5) is 0 Å². The van der Waals surface area contributed by atoms with Crippen molar-refractivity contribution in [3.05, 3.63) is 81.0 Å². The van der Waals surface area contributed by atoms with Gasteiger partial charge in [-0.2, -0.15) is 0 Å². The molecule has 0 unspecified atom stereocenters. The quantitative estimate of drug-likeness (QED) is 0.211. The molecule has 0 N–H and O–H groups in total. The molecule has 0 saturated heterocycles. The summed E-state index contributed by atoms with van der Waals surface area (Å²) >= 11 is 5.16. The van der Waals surface area contributed by atoms with E-state index in [9.17, 15) is 0 Å². The molecule has 4 nitrogen and oxygen atoms in total. The minimum atomic E-state index is 0.772. The molecule has 3 heterocycles. The van der Waals surface area contributed by atoms with Gasteiger partial charge in [-0.05, 0) is 33.3 Å². The molecule has 0 fully saturated rings. The lowest BCUT2D eigenvalue weighted by atomic mass is 10.0. The fourth-order valence-electron chi connectivity index (χ4n) is 3.92. The van der Waals surface area contributed by atoms with Gasteiger partial charge in [0.25, 0.3) is 0 Å². The summed E-state index contributed by atoms with van der Waals surface area (Å²) in [5.41, 5.74) is 8.41. The largest absolute Gasteiger partial charge is 0.302 e. The van der Waals surface area contributed by atoms with Crippen LogP contribution in [-0.2, 0) is 12.3 Å². The average molecular weight is 503 g/mol. The lowest BCUT2D eigenvalue weighted by Crippen LogP contribution is -2.00. The molecule has 34 heavy (non-hydrogen) atoms. The molecule has 0 bridgehead atoms. The van der Waals surface area contributed by atoms with Crippen LogP contribution >= 0.6 is 34.4 Å². The van der Waals surface area contributed by atoms with E-state index in [1.165, 1.54) is 32.7 Å². The molecule has 0 amide bonds. The van der Waals surface area contributed by atoms with Crippen LogP contribution in [0.15, 0.2) is 64.4 Å². The van der Waals surface area contributed by atoms with Gasteiger partial charge < -0.3 is 4.57 Å². The molecule has 0 radical (unpaired) electrons. The van der Waals surface area contributed by atoms with Crippen molar-refractivity contribution in [2.75, 3.05) is 0 Å². The van der Waals surface area contributed by atoms with E-state index in [0.29, 0.717) is 0 Å². The van der Waals surface area contributed by atoms with Gasteiger partial charge in [0.1, 0.15) is 5.01 Å². The number of hydrogen-bond donors (Lipinski definition) is 0. The minimum absolute atomic E-state index is 0.772. The normalized spacial score (nSPS) is 11.3. The van der Waals surface area contributed by atoms with Crippen molar-refractivity contribution in [3.63, 3.8) is 0 Å². The van der Waals surface area contributed by atoms with Gasteiger partial charge in [-0.15, -0.1) is 32.9 Å². The highest BCUT2D eigenvalue weighted by atomic mass is 32.2. The Labute approximate surface area is 212 Å². The first-order valence-electron chi connectivity index (χ1n) is 11.3. The second kappa shape index (κ2) is 9.86. The van der Waals surface area contributed by atoms with Gasteiger partial charge in [-0.3, -0.25) is 0 Å². The summed E-state index contributed by atoms with van der Waals surface area (Å²) in [6, 6.07) is 17.3. The molecular formula is C27H26N4S3. The molecule has 172 valence electrons. The van der Waals surface area contributed by atoms with Crippen LogP contribution < -0.4 is 0 Å². The van der Waals surface area contributed by atoms with E-state index >= 15 is 0 Å². The predicted molar refractivity (Wildman–Crippen MR) is 146 cm³/mol. The SMILES string of the molecule is CCn1c(SCc2csc(-c3ccc(C)cc3)n2)nnc1-c1csc(C)c1-c1ccc(C)cc1. The molecule has 0 aliphatic carbocycles. The number of thiazole rings is 1. The standard InChI is InChI=1S/C27H26N4S3/c1-5-31-25(23-16-32-19(4)24(23)20-10-6-17(2)7-11-20)29-30-27(31)34-15-22-14-33-26(28-22)21-12-8-18(3)9-13-21/h6-14,16H,5,15H2,1-4H3. The zero-order chi connectivity index (χ0) is 23.7. The van der Waals surface area contributed by atoms with Crippen LogP contribution in [0.1, 0.15) is 28.6 Å². The van der Waals surface area contributed by atoms with Crippen molar-refractivity contribution in [2.24, 2.45) is 0 Å². The topological polar surface area (TPSA) is 43.6 Å². The molecule has 0 spiro atoms. The third-order valence-corrected chi connectivity index (χ3v) is 8.64. The van der Waals surface area contributed by atoms with E-state index in [1.54, 1.807) is 34.4 Å². The predicted octanol–water partition coefficient (Wildman–Crippen LogP) is 8.03. The summed E-state index contributed by atoms with van der Waals surface area (Å²) in [6.07, 6.45) is 0. The van der Waals surface area contributed by atoms with Gasteiger partial charge in [-0.25, -0.2) is 4.98 Å². The van der Waals surface area contributed by atoms with Crippen LogP contribution in [0.25, 0.3) is 33.1 Å². The summed E-state index contributed by atoms with van der Waals surface area (Å²) in [5.74, 6) is 1.71. The van der Waals surface area contributed by atoms with Gasteiger partial charge >= 0.3 is 0 Å². The third-order valence-electron chi connectivity index (χ3n) is 5.79. The maximum Gasteiger partial charge on any atom is 0.191 e. The smallest absolute Gasteiger partial charge is 0.191 e. The summed E-state index contributed by atoms with van der Waals surface area (Å²) in [4.78, 5) is 6.15. The van der Waals surface area contributed by atoms with Crippen molar-refractivity contribution < 1.29 is 0 Å². The monoisotopic (exact) mass is 502 g/mol. The zero-order valence-corrected chi connectivity index (χ0v) is 22.2. The Kier molecular flexibility index (Phi) is 6.68. The number of hydrogen-bond acceptors (Lipinski definition) is 6. The molecule has 0 saturated carbocycles. The first-order valence-corrected chi connectivity index (χ1v) is 14.0. The van der Waals surface area contributed by atoms with Crippen LogP contribution in [0, 0.1) is 20.8 Å². The Bertz CT molecular complexity index is 1410. The molecule has 7 heteroatoms. The molecule has 5 aromatic rings. The molecule has 5 rings (SSSR count). The average Bonchev–Trinajstić information content (AvgIpc) is 3.57. The van der Waals surface area contributed by atoms with E-state index in [-0.39, 0.29) is 0 Å². The van der Waals surface area contributed by atoms with Gasteiger partial charge in [0.15, 0.2) is 11.0 Å². The van der Waals surface area contributed by atoms with Crippen molar-refractivity contribution in [3.8, 4) is 33.1 Å². The summed E-state index contributed by atoms with van der Waals surface area (Å²) < 4.78 is 2.22. The lowest BCUT2D eigenvalue weighted by Gasteiger charge is -2.09. The molecular weight excluding hydrogens is 477 g/mol. The minimum Gasteiger partial charge on any atom is -0.302 e. The molecule has 0 aliphatic rings. The van der Waals surface area contributed by atoms with Gasteiger partial charge in [-0.1, -0.05) is 71.4 Å². The number of benzene rings is 2. The van der Waals surface area contributed by atoms with Gasteiger partial charge in [0, 0.05) is 44.6 Å². The highest BCUT2D eigenvalue weighted by Crippen LogP contribution is 2.39. The van der Waals surface area contributed by atoms with Crippen molar-refractivity contribution in [1.82, 2.24) is 19.7 Å². The van der Waals surface area contributed by atoms with E-state index in [4.69, 9.17) is 4.98 Å². The Morgan fingerprint density at radius 1 is 0.824 bits per heavy atom. The summed E-state index contributed by atoms with van der Waals surface area (Å²) in [5, 5.41) is 15.5. The van der Waals surface area contributed by atoms with Gasteiger partial charge in [0.2, 0.25) is 0 Å². The highest BCUT2D eigenvalue weighted by molar-refractivity contribution is 7.98. The van der Waals surface area contributed by atoms with E-state index in [1.807, 2.05) is 0 Å². The van der Waals surface area contributed by atoms with E-state index < -0.39 is 0 Å². The molecule has 0 aliphatic heterocycles. The van der Waals surface area contributed by atoms with Crippen LogP contribution in [0.2, 0.25) is 0 Å². The summed E-state index contributed by atoms with van der Waals surface area (Å²) in [6.45, 7) is 9.37. The Hall–Kier alpha value is -2.74. The number of rotatable bonds is 7. The number of nitrogens with zero attached hydrogens (tertiary/aromatic N) is 4.